The minimum Gasteiger partial charge on any atom is -0.317 e. The van der Waals surface area contributed by atoms with Gasteiger partial charge >= 0.3 is 0 Å². The third-order valence-electron chi connectivity index (χ3n) is 4.16. The fraction of sp³-hybridized carbons (Fsp3) is 0.625. The lowest BCUT2D eigenvalue weighted by Crippen LogP contribution is -2.31. The molecule has 0 radical (unpaired) electrons. The average Bonchev–Trinajstić information content (AvgIpc) is 2.33. The summed E-state index contributed by atoms with van der Waals surface area (Å²) in [6.07, 6.45) is 8.02. The monoisotopic (exact) mass is 231 g/mol. The molecule has 1 saturated carbocycles. The van der Waals surface area contributed by atoms with Crippen molar-refractivity contribution in [2.24, 2.45) is 5.92 Å². The number of likely N-dealkylation sites (N-methyl/N-ethyl adjacent to an activating group) is 1. The van der Waals surface area contributed by atoms with Gasteiger partial charge in [0.25, 0.3) is 0 Å². The summed E-state index contributed by atoms with van der Waals surface area (Å²) < 4.78 is 0. The number of nitrogens with one attached hydrogen (secondary N) is 1. The van der Waals surface area contributed by atoms with Gasteiger partial charge in [0.1, 0.15) is 0 Å². The van der Waals surface area contributed by atoms with Crippen molar-refractivity contribution in [3.8, 4) is 0 Å². The van der Waals surface area contributed by atoms with Crippen LogP contribution in [0.4, 0.5) is 0 Å². The lowest BCUT2D eigenvalue weighted by molar-refractivity contribution is 0.263. The third kappa shape index (κ3) is 3.57. The highest BCUT2D eigenvalue weighted by atomic mass is 14.9. The van der Waals surface area contributed by atoms with Crippen molar-refractivity contribution < 1.29 is 0 Å². The van der Waals surface area contributed by atoms with E-state index in [9.17, 15) is 0 Å². The molecule has 1 aromatic rings. The summed E-state index contributed by atoms with van der Waals surface area (Å²) in [6, 6.07) is 9.79. The second-order valence-electron chi connectivity index (χ2n) is 5.39. The molecule has 0 amide bonds. The molecule has 1 fully saturated rings. The Morgan fingerprint density at radius 3 is 2.29 bits per heavy atom. The molecule has 2 rings (SSSR count). The first-order valence-corrected chi connectivity index (χ1v) is 7.07. The molecule has 0 spiro atoms. The maximum atomic E-state index is 3.48. The molecule has 1 nitrogen and oxygen atoms in total. The molecule has 1 aromatic carbocycles. The molecular weight excluding hydrogens is 206 g/mol. The fourth-order valence-electron chi connectivity index (χ4n) is 2.63. The van der Waals surface area contributed by atoms with E-state index in [4.69, 9.17) is 0 Å². The molecule has 1 unspecified atom stereocenters. The molecule has 1 aliphatic carbocycles. The Labute approximate surface area is 106 Å². The van der Waals surface area contributed by atoms with Crippen LogP contribution >= 0.6 is 0 Å². The Balaban J connectivity index is 1.87. The van der Waals surface area contributed by atoms with Crippen molar-refractivity contribution >= 4 is 0 Å². The van der Waals surface area contributed by atoms with Crippen LogP contribution in [0.2, 0.25) is 0 Å². The second-order valence-corrected chi connectivity index (χ2v) is 5.39. The van der Waals surface area contributed by atoms with E-state index in [-0.39, 0.29) is 0 Å². The van der Waals surface area contributed by atoms with Gasteiger partial charge in [-0.2, -0.15) is 0 Å². The molecule has 1 heteroatoms. The van der Waals surface area contributed by atoms with Crippen molar-refractivity contribution in [1.29, 1.82) is 0 Å². The Kier molecular flexibility index (Phi) is 4.61. The SMILES string of the molecule is CCc1ccc(CC(CC2CCC2)NC)cc1. The Morgan fingerprint density at radius 1 is 1.18 bits per heavy atom. The molecule has 94 valence electrons. The minimum atomic E-state index is 0.660. The number of aryl methyl sites for hydroxylation is 1. The van der Waals surface area contributed by atoms with Gasteiger partial charge in [-0.3, -0.25) is 0 Å². The van der Waals surface area contributed by atoms with E-state index >= 15 is 0 Å². The van der Waals surface area contributed by atoms with Crippen molar-refractivity contribution in [2.45, 2.75) is 51.5 Å². The van der Waals surface area contributed by atoms with E-state index < -0.39 is 0 Å². The fourth-order valence-corrected chi connectivity index (χ4v) is 2.63. The summed E-state index contributed by atoms with van der Waals surface area (Å²) in [5.41, 5.74) is 2.91. The molecular formula is C16H25N. The van der Waals surface area contributed by atoms with Crippen LogP contribution in [0.25, 0.3) is 0 Å². The summed E-state index contributed by atoms with van der Waals surface area (Å²) >= 11 is 0. The molecule has 0 aromatic heterocycles. The first kappa shape index (κ1) is 12.6. The predicted octanol–water partition coefficient (Wildman–Crippen LogP) is 3.57. The topological polar surface area (TPSA) is 12.0 Å². The summed E-state index contributed by atoms with van der Waals surface area (Å²) in [6.45, 7) is 2.21. The maximum absolute atomic E-state index is 3.48. The van der Waals surface area contributed by atoms with Crippen molar-refractivity contribution in [3.63, 3.8) is 0 Å². The zero-order valence-electron chi connectivity index (χ0n) is 11.2. The molecule has 0 heterocycles. The molecule has 0 bridgehead atoms. The van der Waals surface area contributed by atoms with Crippen molar-refractivity contribution in [3.05, 3.63) is 35.4 Å². The van der Waals surface area contributed by atoms with E-state index in [0.29, 0.717) is 6.04 Å². The van der Waals surface area contributed by atoms with Gasteiger partial charge in [-0.1, -0.05) is 50.5 Å². The minimum absolute atomic E-state index is 0.660. The van der Waals surface area contributed by atoms with Gasteiger partial charge in [-0.25, -0.2) is 0 Å². The Bertz CT molecular complexity index is 324. The van der Waals surface area contributed by atoms with E-state index in [1.54, 1.807) is 0 Å². The van der Waals surface area contributed by atoms with Crippen LogP contribution in [0.5, 0.6) is 0 Å². The Morgan fingerprint density at radius 2 is 1.82 bits per heavy atom. The normalized spacial score (nSPS) is 17.8. The van der Waals surface area contributed by atoms with Gasteiger partial charge in [0.15, 0.2) is 0 Å². The number of benzene rings is 1. The highest BCUT2D eigenvalue weighted by Crippen LogP contribution is 2.31. The van der Waals surface area contributed by atoms with Crippen LogP contribution in [0.3, 0.4) is 0 Å². The van der Waals surface area contributed by atoms with Gasteiger partial charge < -0.3 is 5.32 Å². The van der Waals surface area contributed by atoms with Gasteiger partial charge in [0.05, 0.1) is 0 Å². The molecule has 0 aliphatic heterocycles. The molecule has 0 saturated heterocycles. The second kappa shape index (κ2) is 6.20. The van der Waals surface area contributed by atoms with E-state index in [1.807, 2.05) is 0 Å². The maximum Gasteiger partial charge on any atom is 0.0107 e. The summed E-state index contributed by atoms with van der Waals surface area (Å²) in [7, 11) is 2.10. The summed E-state index contributed by atoms with van der Waals surface area (Å²) in [4.78, 5) is 0. The zero-order chi connectivity index (χ0) is 12.1. The van der Waals surface area contributed by atoms with E-state index in [1.165, 1.54) is 43.2 Å². The van der Waals surface area contributed by atoms with Crippen molar-refractivity contribution in [1.82, 2.24) is 5.32 Å². The van der Waals surface area contributed by atoms with Gasteiger partial charge in [-0.15, -0.1) is 0 Å². The van der Waals surface area contributed by atoms with Gasteiger partial charge in [0.2, 0.25) is 0 Å². The number of hydrogen-bond acceptors (Lipinski definition) is 1. The van der Waals surface area contributed by atoms with Crippen molar-refractivity contribution in [2.75, 3.05) is 7.05 Å². The first-order valence-electron chi connectivity index (χ1n) is 7.07. The number of hydrogen-bond donors (Lipinski definition) is 1. The highest BCUT2D eigenvalue weighted by molar-refractivity contribution is 5.23. The van der Waals surface area contributed by atoms with Gasteiger partial charge in [0, 0.05) is 6.04 Å². The zero-order valence-corrected chi connectivity index (χ0v) is 11.2. The smallest absolute Gasteiger partial charge is 0.0107 e. The van der Waals surface area contributed by atoms with E-state index in [2.05, 4.69) is 43.6 Å². The third-order valence-corrected chi connectivity index (χ3v) is 4.16. The lowest BCUT2D eigenvalue weighted by atomic mass is 9.80. The average molecular weight is 231 g/mol. The quantitative estimate of drug-likeness (QED) is 0.789. The van der Waals surface area contributed by atoms with Crippen LogP contribution in [-0.4, -0.2) is 13.1 Å². The van der Waals surface area contributed by atoms with Crippen LogP contribution in [-0.2, 0) is 12.8 Å². The summed E-state index contributed by atoms with van der Waals surface area (Å²) in [5, 5.41) is 3.48. The standard InChI is InChI=1S/C16H25N/c1-3-13-7-9-15(10-8-13)12-16(17-2)11-14-5-4-6-14/h7-10,14,16-17H,3-6,11-12H2,1-2H3. The van der Waals surface area contributed by atoms with Crippen LogP contribution in [0.1, 0.15) is 43.7 Å². The lowest BCUT2D eigenvalue weighted by Gasteiger charge is -2.29. The molecule has 1 aliphatic rings. The first-order chi connectivity index (χ1) is 8.31. The summed E-state index contributed by atoms with van der Waals surface area (Å²) in [5.74, 6) is 0.988. The van der Waals surface area contributed by atoms with Crippen LogP contribution in [0, 0.1) is 5.92 Å². The number of rotatable bonds is 6. The molecule has 17 heavy (non-hydrogen) atoms. The van der Waals surface area contributed by atoms with E-state index in [0.717, 1.165) is 12.3 Å². The Hall–Kier alpha value is -0.820. The highest BCUT2D eigenvalue weighted by Gasteiger charge is 2.21. The molecule has 1 N–H and O–H groups in total. The van der Waals surface area contributed by atoms with Gasteiger partial charge in [-0.05, 0) is 43.4 Å². The van der Waals surface area contributed by atoms with Crippen LogP contribution in [0.15, 0.2) is 24.3 Å². The van der Waals surface area contributed by atoms with Crippen LogP contribution < -0.4 is 5.32 Å². The predicted molar refractivity (Wildman–Crippen MR) is 74.3 cm³/mol. The largest absolute Gasteiger partial charge is 0.317 e. The molecule has 1 atom stereocenters.